The van der Waals surface area contributed by atoms with Crippen LogP contribution in [0.5, 0.6) is 0 Å². The predicted molar refractivity (Wildman–Crippen MR) is 52.4 cm³/mol. The number of hydrogen-bond acceptors (Lipinski definition) is 3. The molecule has 0 aromatic carbocycles. The van der Waals surface area contributed by atoms with Gasteiger partial charge in [0.1, 0.15) is 0 Å². The van der Waals surface area contributed by atoms with Crippen molar-refractivity contribution >= 4 is 18.3 Å². The number of aldehydes is 1. The van der Waals surface area contributed by atoms with Crippen molar-refractivity contribution in [1.29, 1.82) is 0 Å². The Hall–Kier alpha value is -2.04. The molecule has 0 radical (unpaired) electrons. The Labute approximate surface area is 85.6 Å². The third kappa shape index (κ3) is 2.98. The van der Waals surface area contributed by atoms with Crippen LogP contribution in [0.25, 0.3) is 6.08 Å². The Kier molecular flexibility index (Phi) is 3.68. The summed E-state index contributed by atoms with van der Waals surface area (Å²) in [6.45, 7) is 0. The van der Waals surface area contributed by atoms with E-state index in [9.17, 15) is 14.0 Å². The highest BCUT2D eigenvalue weighted by Crippen LogP contribution is 2.10. The summed E-state index contributed by atoms with van der Waals surface area (Å²) in [6.07, 6.45) is 4.59. The highest BCUT2D eigenvalue weighted by molar-refractivity contribution is 5.82. The fourth-order valence-corrected chi connectivity index (χ4v) is 1.03. The molecule has 0 bridgehead atoms. The van der Waals surface area contributed by atoms with Crippen molar-refractivity contribution in [2.75, 3.05) is 0 Å². The van der Waals surface area contributed by atoms with Gasteiger partial charge in [-0.25, -0.2) is 4.98 Å². The number of nitrogens with two attached hydrogens (primary N) is 1. The van der Waals surface area contributed by atoms with E-state index in [2.05, 4.69) is 4.98 Å². The van der Waals surface area contributed by atoms with Crippen LogP contribution in [0.2, 0.25) is 0 Å². The Morgan fingerprint density at radius 3 is 2.93 bits per heavy atom. The summed E-state index contributed by atoms with van der Waals surface area (Å²) >= 11 is 0. The van der Waals surface area contributed by atoms with Crippen LogP contribution in [0.15, 0.2) is 18.3 Å². The number of nitrogens with zero attached hydrogens (tertiary/aromatic N) is 1. The smallest absolute Gasteiger partial charge is 0.224 e. The second-order valence-electron chi connectivity index (χ2n) is 2.80. The van der Waals surface area contributed by atoms with Gasteiger partial charge in [0.15, 0.2) is 6.29 Å². The fourth-order valence-electron chi connectivity index (χ4n) is 1.03. The van der Waals surface area contributed by atoms with Crippen LogP contribution in [-0.4, -0.2) is 17.2 Å². The normalized spacial score (nSPS) is 10.5. The van der Waals surface area contributed by atoms with Crippen LogP contribution in [0.1, 0.15) is 22.3 Å². The van der Waals surface area contributed by atoms with Crippen LogP contribution in [0.3, 0.4) is 0 Å². The maximum absolute atomic E-state index is 13.0. The first-order valence-electron chi connectivity index (χ1n) is 4.19. The van der Waals surface area contributed by atoms with Crippen LogP contribution in [0.4, 0.5) is 4.39 Å². The quantitative estimate of drug-likeness (QED) is 0.590. The van der Waals surface area contributed by atoms with Gasteiger partial charge in [-0.3, -0.25) is 9.59 Å². The second kappa shape index (κ2) is 4.99. The summed E-state index contributed by atoms with van der Waals surface area (Å²) in [6, 6.07) is 1.48. The van der Waals surface area contributed by atoms with Gasteiger partial charge >= 0.3 is 0 Å². The number of amides is 1. The molecular weight excluding hydrogens is 199 g/mol. The molecule has 0 aliphatic carbocycles. The van der Waals surface area contributed by atoms with E-state index in [1.165, 1.54) is 24.4 Å². The minimum Gasteiger partial charge on any atom is -0.369 e. The third-order valence-electron chi connectivity index (χ3n) is 1.71. The van der Waals surface area contributed by atoms with E-state index in [1.54, 1.807) is 0 Å². The number of pyridine rings is 1. The summed E-state index contributed by atoms with van der Waals surface area (Å²) in [5.41, 5.74) is 5.16. The fraction of sp³-hybridized carbons (Fsp3) is 0.100. The van der Waals surface area contributed by atoms with Gasteiger partial charge in [-0.1, -0.05) is 12.2 Å². The Bertz CT molecular complexity index is 416. The van der Waals surface area contributed by atoms with Gasteiger partial charge in [0, 0.05) is 12.6 Å². The molecule has 0 atom stereocenters. The summed E-state index contributed by atoms with van der Waals surface area (Å²) < 4.78 is 13.0. The zero-order valence-electron chi connectivity index (χ0n) is 7.81. The van der Waals surface area contributed by atoms with Crippen LogP contribution in [-0.2, 0) is 4.79 Å². The molecule has 1 aromatic heterocycles. The van der Waals surface area contributed by atoms with Gasteiger partial charge in [-0.05, 0) is 11.6 Å². The lowest BCUT2D eigenvalue weighted by molar-refractivity contribution is -0.117. The van der Waals surface area contributed by atoms with Crippen molar-refractivity contribution < 1.29 is 14.0 Å². The highest BCUT2D eigenvalue weighted by Gasteiger charge is 2.05. The zero-order chi connectivity index (χ0) is 11.3. The Balaban J connectivity index is 2.94. The molecule has 1 aromatic rings. The van der Waals surface area contributed by atoms with Gasteiger partial charge in [0.2, 0.25) is 11.9 Å². The van der Waals surface area contributed by atoms with E-state index >= 15 is 0 Å². The van der Waals surface area contributed by atoms with Crippen molar-refractivity contribution in [3.8, 4) is 0 Å². The van der Waals surface area contributed by atoms with Gasteiger partial charge in [0.25, 0.3) is 0 Å². The number of primary amides is 1. The second-order valence-corrected chi connectivity index (χ2v) is 2.80. The molecule has 0 saturated heterocycles. The monoisotopic (exact) mass is 208 g/mol. The summed E-state index contributed by atoms with van der Waals surface area (Å²) in [4.78, 5) is 24.3. The van der Waals surface area contributed by atoms with Gasteiger partial charge in [-0.15, -0.1) is 0 Å². The summed E-state index contributed by atoms with van der Waals surface area (Å²) in [5, 5.41) is 0. The maximum Gasteiger partial charge on any atom is 0.224 e. The van der Waals surface area contributed by atoms with Gasteiger partial charge < -0.3 is 5.73 Å². The Morgan fingerprint density at radius 2 is 2.33 bits per heavy atom. The van der Waals surface area contributed by atoms with Gasteiger partial charge in [-0.2, -0.15) is 4.39 Å². The van der Waals surface area contributed by atoms with Crippen molar-refractivity contribution in [2.45, 2.75) is 6.42 Å². The van der Waals surface area contributed by atoms with E-state index in [-0.39, 0.29) is 12.0 Å². The largest absolute Gasteiger partial charge is 0.369 e. The molecule has 1 heterocycles. The standard InChI is InChI=1S/C10H9FN2O2/c11-10-8(6-14)7(4-5-13-10)2-1-3-9(12)15/h1-2,4-6H,3H2,(H2,12,15). The van der Waals surface area contributed by atoms with Crippen LogP contribution in [0, 0.1) is 5.95 Å². The lowest BCUT2D eigenvalue weighted by Crippen LogP contribution is -2.08. The van der Waals surface area contributed by atoms with Crippen LogP contribution < -0.4 is 5.73 Å². The molecular formula is C10H9FN2O2. The first-order valence-corrected chi connectivity index (χ1v) is 4.19. The van der Waals surface area contributed by atoms with Crippen molar-refractivity contribution in [3.05, 3.63) is 35.4 Å². The number of carbonyl (C=O) groups excluding carboxylic acids is 2. The van der Waals surface area contributed by atoms with E-state index < -0.39 is 11.9 Å². The summed E-state index contributed by atoms with van der Waals surface area (Å²) in [5.74, 6) is -1.32. The third-order valence-corrected chi connectivity index (χ3v) is 1.71. The molecule has 0 aliphatic rings. The van der Waals surface area contributed by atoms with E-state index in [0.29, 0.717) is 11.8 Å². The number of rotatable bonds is 4. The molecule has 0 saturated carbocycles. The molecule has 1 amide bonds. The molecule has 2 N–H and O–H groups in total. The molecule has 78 valence electrons. The van der Waals surface area contributed by atoms with Crippen molar-refractivity contribution in [3.63, 3.8) is 0 Å². The first-order chi connectivity index (χ1) is 7.15. The highest BCUT2D eigenvalue weighted by atomic mass is 19.1. The maximum atomic E-state index is 13.0. The van der Waals surface area contributed by atoms with E-state index in [4.69, 9.17) is 5.73 Å². The SMILES string of the molecule is NC(=O)CC=Cc1ccnc(F)c1C=O. The minimum absolute atomic E-state index is 0.0439. The summed E-state index contributed by atoms with van der Waals surface area (Å²) in [7, 11) is 0. The first kappa shape index (κ1) is 11.0. The lowest BCUT2D eigenvalue weighted by atomic mass is 10.1. The minimum atomic E-state index is -0.828. The van der Waals surface area contributed by atoms with Gasteiger partial charge in [0.05, 0.1) is 5.56 Å². The number of hydrogen-bond donors (Lipinski definition) is 1. The molecule has 0 spiro atoms. The molecule has 15 heavy (non-hydrogen) atoms. The molecule has 4 nitrogen and oxygen atoms in total. The number of carbonyl (C=O) groups is 2. The lowest BCUT2D eigenvalue weighted by Gasteiger charge is -1.98. The van der Waals surface area contributed by atoms with E-state index in [0.717, 1.165) is 0 Å². The topological polar surface area (TPSA) is 73.1 Å². The zero-order valence-corrected chi connectivity index (χ0v) is 7.81. The van der Waals surface area contributed by atoms with E-state index in [1.807, 2.05) is 0 Å². The van der Waals surface area contributed by atoms with Crippen LogP contribution >= 0.6 is 0 Å². The molecule has 0 unspecified atom stereocenters. The molecule has 1 rings (SSSR count). The van der Waals surface area contributed by atoms with Crippen molar-refractivity contribution in [2.24, 2.45) is 5.73 Å². The average molecular weight is 208 g/mol. The Morgan fingerprint density at radius 1 is 1.60 bits per heavy atom. The molecule has 0 aliphatic heterocycles. The molecule has 0 fully saturated rings. The average Bonchev–Trinajstić information content (AvgIpc) is 2.17. The number of aromatic nitrogens is 1. The number of halogens is 1. The van der Waals surface area contributed by atoms with Crippen molar-refractivity contribution in [1.82, 2.24) is 4.98 Å². The molecule has 5 heteroatoms. The predicted octanol–water partition coefficient (Wildman–Crippen LogP) is 0.922.